The van der Waals surface area contributed by atoms with E-state index in [-0.39, 0.29) is 6.10 Å². The average Bonchev–Trinajstić information content (AvgIpc) is 3.34. The van der Waals surface area contributed by atoms with Gasteiger partial charge in [0.15, 0.2) is 0 Å². The summed E-state index contributed by atoms with van der Waals surface area (Å²) in [7, 11) is 0. The Morgan fingerprint density at radius 2 is 1.75 bits per heavy atom. The molecule has 0 bridgehead atoms. The maximum atomic E-state index is 10.6. The van der Waals surface area contributed by atoms with Gasteiger partial charge in [0.25, 0.3) is 0 Å². The van der Waals surface area contributed by atoms with Gasteiger partial charge >= 0.3 is 24.3 Å². The Hall–Kier alpha value is -3.01. The number of hydrogen-bond acceptors (Lipinski definition) is 8. The van der Waals surface area contributed by atoms with Crippen LogP contribution in [0.15, 0.2) is 35.0 Å². The van der Waals surface area contributed by atoms with Crippen LogP contribution in [0.2, 0.25) is 0 Å². The van der Waals surface area contributed by atoms with Crippen molar-refractivity contribution >= 4 is 23.7 Å². The number of pyridine rings is 1. The van der Waals surface area contributed by atoms with E-state index in [1.54, 1.807) is 6.20 Å². The molecular formula is C20H21F6N3O6S. The molecule has 2 saturated heterocycles. The second kappa shape index (κ2) is 11.8. The fraction of sp³-hybridized carbons (Fsp3) is 0.500. The zero-order chi connectivity index (χ0) is 27.1. The van der Waals surface area contributed by atoms with E-state index in [9.17, 15) is 26.3 Å². The standard InChI is InChI=1S/C16H19N3O2S.2C2HF3O2/c1-12-6-13(18-21-12)8-19-10-16(11-19)7-14(9-22-16)20-15-4-2-3-5-17-15;2*3-2(4,5)1(6)7/h2-6,14H,7-11H2,1H3;2*(H,6,7). The zero-order valence-corrected chi connectivity index (χ0v) is 19.4. The number of carboxylic acids is 2. The molecule has 2 aromatic heterocycles. The third kappa shape index (κ3) is 9.22. The van der Waals surface area contributed by atoms with E-state index < -0.39 is 24.3 Å². The molecular weight excluding hydrogens is 524 g/mol. The summed E-state index contributed by atoms with van der Waals surface area (Å²) in [6, 6.07) is 7.81. The molecule has 2 aromatic rings. The molecule has 0 saturated carbocycles. The summed E-state index contributed by atoms with van der Waals surface area (Å²) in [5.41, 5.74) is 1.02. The smallest absolute Gasteiger partial charge is 0.475 e. The van der Waals surface area contributed by atoms with Crippen LogP contribution in [0, 0.1) is 6.92 Å². The number of rotatable bonds is 4. The second-order valence-electron chi connectivity index (χ2n) is 7.79. The van der Waals surface area contributed by atoms with Crippen LogP contribution in [-0.4, -0.2) is 79.2 Å². The van der Waals surface area contributed by atoms with Gasteiger partial charge in [0, 0.05) is 54.9 Å². The summed E-state index contributed by atoms with van der Waals surface area (Å²) in [6.07, 6.45) is -7.02. The van der Waals surface area contributed by atoms with E-state index in [1.165, 1.54) is 0 Å². The number of aromatic nitrogens is 2. The molecule has 4 heterocycles. The van der Waals surface area contributed by atoms with E-state index in [2.05, 4.69) is 15.0 Å². The molecule has 4 rings (SSSR count). The quantitative estimate of drug-likeness (QED) is 0.548. The molecule has 2 N–H and O–H groups in total. The minimum absolute atomic E-state index is 0.274. The fourth-order valence-electron chi connectivity index (χ4n) is 3.29. The third-order valence-corrected chi connectivity index (χ3v) is 6.25. The number of thioether (sulfide) groups is 1. The molecule has 0 amide bonds. The molecule has 0 radical (unpaired) electrons. The molecule has 2 aliphatic rings. The molecule has 2 fully saturated rings. The van der Waals surface area contributed by atoms with E-state index in [4.69, 9.17) is 29.1 Å². The summed E-state index contributed by atoms with van der Waals surface area (Å²) in [5.74, 6) is -2.85. The van der Waals surface area contributed by atoms with Crippen molar-refractivity contribution in [2.45, 2.75) is 43.1 Å². The highest BCUT2D eigenvalue weighted by atomic mass is 32.2. The van der Waals surface area contributed by atoms with Crippen LogP contribution in [0.1, 0.15) is 17.9 Å². The molecule has 1 spiro atoms. The first-order chi connectivity index (χ1) is 16.6. The van der Waals surface area contributed by atoms with Gasteiger partial charge in [-0.2, -0.15) is 26.3 Å². The van der Waals surface area contributed by atoms with Crippen LogP contribution in [0.3, 0.4) is 0 Å². The molecule has 1 unspecified atom stereocenters. The summed E-state index contributed by atoms with van der Waals surface area (Å²) in [4.78, 5) is 24.5. The summed E-state index contributed by atoms with van der Waals surface area (Å²) in [5, 5.41) is 18.3. The highest BCUT2D eigenvalue weighted by Gasteiger charge is 2.49. The number of hydrogen-bond donors (Lipinski definition) is 2. The Morgan fingerprint density at radius 3 is 2.19 bits per heavy atom. The SMILES string of the molecule is Cc1cc(CN2CC3(CC(Oc4ccccn4)CS3)C2)no1.O=C(O)C(F)(F)F.O=C(O)C(F)(F)F. The van der Waals surface area contributed by atoms with Gasteiger partial charge in [0.05, 0.1) is 5.69 Å². The van der Waals surface area contributed by atoms with Crippen molar-refractivity contribution in [1.29, 1.82) is 0 Å². The lowest BCUT2D eigenvalue weighted by Gasteiger charge is -2.47. The summed E-state index contributed by atoms with van der Waals surface area (Å²) in [6.45, 7) is 5.02. The van der Waals surface area contributed by atoms with Gasteiger partial charge in [-0.25, -0.2) is 14.6 Å². The van der Waals surface area contributed by atoms with Gasteiger partial charge in [0.1, 0.15) is 11.9 Å². The number of aliphatic carboxylic acids is 2. The van der Waals surface area contributed by atoms with Crippen molar-refractivity contribution in [2.24, 2.45) is 0 Å². The van der Waals surface area contributed by atoms with Crippen molar-refractivity contribution in [3.63, 3.8) is 0 Å². The van der Waals surface area contributed by atoms with E-state index in [0.717, 1.165) is 49.1 Å². The number of likely N-dealkylation sites (tertiary alicyclic amines) is 1. The minimum atomic E-state index is -5.08. The number of ether oxygens (including phenoxy) is 1. The van der Waals surface area contributed by atoms with Gasteiger partial charge in [-0.3, -0.25) is 4.90 Å². The molecule has 36 heavy (non-hydrogen) atoms. The number of carbonyl (C=O) groups is 2. The lowest BCUT2D eigenvalue weighted by molar-refractivity contribution is -0.193. The zero-order valence-electron chi connectivity index (χ0n) is 18.5. The number of carboxylic acid groups (broad SMARTS) is 2. The van der Waals surface area contributed by atoms with Crippen LogP contribution >= 0.6 is 11.8 Å². The number of nitrogens with zero attached hydrogens (tertiary/aromatic N) is 3. The van der Waals surface area contributed by atoms with E-state index in [0.29, 0.717) is 4.75 Å². The van der Waals surface area contributed by atoms with E-state index in [1.807, 2.05) is 43.0 Å². The molecule has 1 atom stereocenters. The predicted octanol–water partition coefficient (Wildman–Crippen LogP) is 3.78. The van der Waals surface area contributed by atoms with Crippen molar-refractivity contribution in [3.8, 4) is 5.88 Å². The Labute approximate surface area is 204 Å². The first kappa shape index (κ1) is 29.2. The van der Waals surface area contributed by atoms with Gasteiger partial charge in [0.2, 0.25) is 5.88 Å². The third-order valence-electron chi connectivity index (χ3n) is 4.67. The van der Waals surface area contributed by atoms with Crippen LogP contribution in [0.5, 0.6) is 5.88 Å². The number of alkyl halides is 6. The van der Waals surface area contributed by atoms with Gasteiger partial charge < -0.3 is 19.5 Å². The maximum absolute atomic E-state index is 10.6. The molecule has 0 aliphatic carbocycles. The van der Waals surface area contributed by atoms with Gasteiger partial charge in [-0.05, 0) is 13.0 Å². The van der Waals surface area contributed by atoms with Crippen LogP contribution < -0.4 is 4.74 Å². The topological polar surface area (TPSA) is 126 Å². The van der Waals surface area contributed by atoms with Crippen molar-refractivity contribution in [2.75, 3.05) is 18.8 Å². The molecule has 2 aliphatic heterocycles. The molecule has 200 valence electrons. The fourth-order valence-corrected chi connectivity index (χ4v) is 4.87. The van der Waals surface area contributed by atoms with Gasteiger partial charge in [-0.1, -0.05) is 11.2 Å². The van der Waals surface area contributed by atoms with Gasteiger partial charge in [-0.15, -0.1) is 11.8 Å². The van der Waals surface area contributed by atoms with Crippen molar-refractivity contribution in [1.82, 2.24) is 15.0 Å². The average molecular weight is 545 g/mol. The highest BCUT2D eigenvalue weighted by Crippen LogP contribution is 2.46. The lowest BCUT2D eigenvalue weighted by atomic mass is 9.93. The second-order valence-corrected chi connectivity index (χ2v) is 9.27. The first-order valence-corrected chi connectivity index (χ1v) is 11.0. The van der Waals surface area contributed by atoms with Crippen molar-refractivity contribution < 1.29 is 55.4 Å². The van der Waals surface area contributed by atoms with Crippen LogP contribution in [0.25, 0.3) is 0 Å². The van der Waals surface area contributed by atoms with Crippen LogP contribution in [-0.2, 0) is 16.1 Å². The first-order valence-electron chi connectivity index (χ1n) is 10.1. The summed E-state index contributed by atoms with van der Waals surface area (Å²) < 4.78 is 74.9. The predicted molar refractivity (Wildman–Crippen MR) is 112 cm³/mol. The van der Waals surface area contributed by atoms with E-state index >= 15 is 0 Å². The number of aryl methyl sites for hydroxylation is 1. The Kier molecular flexibility index (Phi) is 9.59. The normalized spacial score (nSPS) is 18.8. The largest absolute Gasteiger partial charge is 0.490 e. The van der Waals surface area contributed by atoms with Crippen LogP contribution in [0.4, 0.5) is 26.3 Å². The Balaban J connectivity index is 0.000000271. The molecule has 0 aromatic carbocycles. The maximum Gasteiger partial charge on any atom is 0.490 e. The van der Waals surface area contributed by atoms with Crippen molar-refractivity contribution in [3.05, 3.63) is 41.9 Å². The minimum Gasteiger partial charge on any atom is -0.475 e. The number of halogens is 6. The monoisotopic (exact) mass is 545 g/mol. The molecule has 9 nitrogen and oxygen atoms in total. The highest BCUT2D eigenvalue weighted by molar-refractivity contribution is 8.01. The Bertz CT molecular complexity index is 987. The molecule has 16 heteroatoms. The lowest BCUT2D eigenvalue weighted by Crippen LogP contribution is -2.58. The summed E-state index contributed by atoms with van der Waals surface area (Å²) >= 11 is 2.04. The Morgan fingerprint density at radius 1 is 1.17 bits per heavy atom.